The molecular formula is C14H28N2O. The average Bonchev–Trinajstić information content (AvgIpc) is 2.58. The van der Waals surface area contributed by atoms with E-state index in [1.807, 2.05) is 0 Å². The number of nitrogens with zero attached hydrogens (tertiary/aromatic N) is 1. The highest BCUT2D eigenvalue weighted by Crippen LogP contribution is 2.34. The van der Waals surface area contributed by atoms with Crippen LogP contribution >= 0.6 is 0 Å². The summed E-state index contributed by atoms with van der Waals surface area (Å²) in [5, 5.41) is 0. The molecule has 2 aliphatic rings. The Kier molecular flexibility index (Phi) is 4.45. The number of rotatable bonds is 2. The first-order valence-electron chi connectivity index (χ1n) is 7.26. The van der Waals surface area contributed by atoms with Crippen LogP contribution in [0, 0.1) is 0 Å². The van der Waals surface area contributed by atoms with Crippen molar-refractivity contribution in [3.8, 4) is 0 Å². The second-order valence-corrected chi connectivity index (χ2v) is 5.99. The third kappa shape index (κ3) is 2.83. The van der Waals surface area contributed by atoms with E-state index in [1.54, 1.807) is 0 Å². The van der Waals surface area contributed by atoms with Gasteiger partial charge in [-0.2, -0.15) is 0 Å². The van der Waals surface area contributed by atoms with Gasteiger partial charge < -0.3 is 10.5 Å². The highest BCUT2D eigenvalue weighted by Gasteiger charge is 2.40. The van der Waals surface area contributed by atoms with E-state index in [0.717, 1.165) is 19.7 Å². The molecular weight excluding hydrogens is 212 g/mol. The molecule has 0 radical (unpaired) electrons. The Hall–Kier alpha value is -0.120. The Morgan fingerprint density at radius 1 is 1.18 bits per heavy atom. The standard InChI is InChI=1S/C14H28N2O/c1-12-10-17-13(2)9-16(12)14(11-15)7-5-3-4-6-8-14/h12-13H,3-11,15H2,1-2H3. The van der Waals surface area contributed by atoms with Gasteiger partial charge in [-0.1, -0.05) is 25.7 Å². The number of hydrogen-bond donors (Lipinski definition) is 1. The number of nitrogens with two attached hydrogens (primary N) is 1. The van der Waals surface area contributed by atoms with Gasteiger partial charge in [0.25, 0.3) is 0 Å². The normalized spacial score (nSPS) is 35.5. The summed E-state index contributed by atoms with van der Waals surface area (Å²) in [7, 11) is 0. The fourth-order valence-electron chi connectivity index (χ4n) is 3.56. The van der Waals surface area contributed by atoms with Crippen LogP contribution in [0.3, 0.4) is 0 Å². The summed E-state index contributed by atoms with van der Waals surface area (Å²) in [5.41, 5.74) is 6.42. The van der Waals surface area contributed by atoms with Crippen molar-refractivity contribution >= 4 is 0 Å². The summed E-state index contributed by atoms with van der Waals surface area (Å²) in [6.07, 6.45) is 8.37. The Morgan fingerprint density at radius 3 is 2.41 bits per heavy atom. The maximum Gasteiger partial charge on any atom is 0.0675 e. The van der Waals surface area contributed by atoms with Crippen molar-refractivity contribution in [2.45, 2.75) is 70.1 Å². The van der Waals surface area contributed by atoms with Crippen molar-refractivity contribution in [3.63, 3.8) is 0 Å². The molecule has 2 unspecified atom stereocenters. The quantitative estimate of drug-likeness (QED) is 0.752. The minimum Gasteiger partial charge on any atom is -0.376 e. The van der Waals surface area contributed by atoms with Crippen LogP contribution in [0.2, 0.25) is 0 Å². The summed E-state index contributed by atoms with van der Waals surface area (Å²) in [5.74, 6) is 0. The highest BCUT2D eigenvalue weighted by molar-refractivity contribution is 4.97. The first-order valence-corrected chi connectivity index (χ1v) is 7.26. The summed E-state index contributed by atoms with van der Waals surface area (Å²) < 4.78 is 5.75. The van der Waals surface area contributed by atoms with E-state index in [9.17, 15) is 0 Å². The van der Waals surface area contributed by atoms with Crippen LogP contribution in [0.4, 0.5) is 0 Å². The third-order valence-electron chi connectivity index (χ3n) is 4.63. The first kappa shape index (κ1) is 13.3. The molecule has 100 valence electrons. The average molecular weight is 240 g/mol. The fourth-order valence-corrected chi connectivity index (χ4v) is 3.56. The van der Waals surface area contributed by atoms with Crippen molar-refractivity contribution in [3.05, 3.63) is 0 Å². The Labute approximate surface area is 106 Å². The van der Waals surface area contributed by atoms with Crippen LogP contribution in [0.5, 0.6) is 0 Å². The number of hydrogen-bond acceptors (Lipinski definition) is 3. The van der Waals surface area contributed by atoms with Crippen molar-refractivity contribution < 1.29 is 4.74 Å². The highest BCUT2D eigenvalue weighted by atomic mass is 16.5. The molecule has 0 aromatic heterocycles. The topological polar surface area (TPSA) is 38.5 Å². The molecule has 0 aromatic carbocycles. The number of morpholine rings is 1. The van der Waals surface area contributed by atoms with Gasteiger partial charge in [0.1, 0.15) is 0 Å². The van der Waals surface area contributed by atoms with Crippen LogP contribution in [-0.2, 0) is 4.74 Å². The zero-order valence-electron chi connectivity index (χ0n) is 11.5. The van der Waals surface area contributed by atoms with Crippen molar-refractivity contribution in [2.75, 3.05) is 19.7 Å². The van der Waals surface area contributed by atoms with Gasteiger partial charge in [0.2, 0.25) is 0 Å². The summed E-state index contributed by atoms with van der Waals surface area (Å²) in [6.45, 7) is 7.19. The van der Waals surface area contributed by atoms with Crippen LogP contribution < -0.4 is 5.73 Å². The van der Waals surface area contributed by atoms with Crippen LogP contribution in [0.15, 0.2) is 0 Å². The second kappa shape index (κ2) is 5.68. The van der Waals surface area contributed by atoms with E-state index in [-0.39, 0.29) is 5.54 Å². The molecule has 1 aliphatic heterocycles. The molecule has 17 heavy (non-hydrogen) atoms. The van der Waals surface area contributed by atoms with Gasteiger partial charge in [-0.15, -0.1) is 0 Å². The van der Waals surface area contributed by atoms with Gasteiger partial charge in [-0.05, 0) is 26.7 Å². The molecule has 0 aromatic rings. The van der Waals surface area contributed by atoms with Gasteiger partial charge in [0.15, 0.2) is 0 Å². The molecule has 1 aliphatic carbocycles. The summed E-state index contributed by atoms with van der Waals surface area (Å²) in [4.78, 5) is 2.66. The molecule has 0 spiro atoms. The SMILES string of the molecule is CC1CN(C2(CN)CCCCCC2)C(C)CO1. The van der Waals surface area contributed by atoms with Crippen molar-refractivity contribution in [1.82, 2.24) is 4.90 Å². The molecule has 1 saturated heterocycles. The van der Waals surface area contributed by atoms with E-state index in [2.05, 4.69) is 18.7 Å². The van der Waals surface area contributed by atoms with Crippen molar-refractivity contribution in [2.24, 2.45) is 5.73 Å². The monoisotopic (exact) mass is 240 g/mol. The minimum atomic E-state index is 0.258. The zero-order valence-corrected chi connectivity index (χ0v) is 11.5. The minimum absolute atomic E-state index is 0.258. The molecule has 0 bridgehead atoms. The smallest absolute Gasteiger partial charge is 0.0675 e. The second-order valence-electron chi connectivity index (χ2n) is 5.99. The van der Waals surface area contributed by atoms with E-state index in [0.29, 0.717) is 12.1 Å². The van der Waals surface area contributed by atoms with Gasteiger partial charge in [-0.25, -0.2) is 0 Å². The van der Waals surface area contributed by atoms with Gasteiger partial charge in [-0.3, -0.25) is 4.90 Å². The molecule has 2 fully saturated rings. The van der Waals surface area contributed by atoms with Gasteiger partial charge in [0.05, 0.1) is 12.7 Å². The van der Waals surface area contributed by atoms with Crippen LogP contribution in [0.25, 0.3) is 0 Å². The predicted molar refractivity (Wildman–Crippen MR) is 71.1 cm³/mol. The molecule has 2 N–H and O–H groups in total. The van der Waals surface area contributed by atoms with E-state index in [4.69, 9.17) is 10.5 Å². The predicted octanol–water partition coefficient (Wildman–Crippen LogP) is 2.15. The lowest BCUT2D eigenvalue weighted by atomic mass is 9.86. The molecule has 3 nitrogen and oxygen atoms in total. The Balaban J connectivity index is 2.13. The van der Waals surface area contributed by atoms with Crippen LogP contribution in [0.1, 0.15) is 52.4 Å². The molecule has 1 saturated carbocycles. The van der Waals surface area contributed by atoms with Crippen LogP contribution in [-0.4, -0.2) is 42.3 Å². The van der Waals surface area contributed by atoms with Gasteiger partial charge in [0, 0.05) is 24.7 Å². The van der Waals surface area contributed by atoms with E-state index < -0.39 is 0 Å². The lowest BCUT2D eigenvalue weighted by molar-refractivity contribution is -0.0964. The van der Waals surface area contributed by atoms with E-state index >= 15 is 0 Å². The van der Waals surface area contributed by atoms with E-state index in [1.165, 1.54) is 38.5 Å². The maximum atomic E-state index is 6.16. The summed E-state index contributed by atoms with van der Waals surface area (Å²) >= 11 is 0. The third-order valence-corrected chi connectivity index (χ3v) is 4.63. The molecule has 0 amide bonds. The maximum absolute atomic E-state index is 6.16. The Morgan fingerprint density at radius 2 is 1.82 bits per heavy atom. The fraction of sp³-hybridized carbons (Fsp3) is 1.00. The molecule has 2 atom stereocenters. The van der Waals surface area contributed by atoms with Gasteiger partial charge >= 0.3 is 0 Å². The Bertz CT molecular complexity index is 236. The molecule has 3 heteroatoms. The molecule has 2 rings (SSSR count). The number of ether oxygens (including phenoxy) is 1. The summed E-state index contributed by atoms with van der Waals surface area (Å²) in [6, 6.07) is 0.521. The zero-order chi connectivity index (χ0) is 12.3. The lowest BCUT2D eigenvalue weighted by Gasteiger charge is -2.50. The largest absolute Gasteiger partial charge is 0.376 e. The first-order chi connectivity index (χ1) is 8.18. The lowest BCUT2D eigenvalue weighted by Crippen LogP contribution is -2.62. The molecule has 1 heterocycles. The van der Waals surface area contributed by atoms with Crippen molar-refractivity contribution in [1.29, 1.82) is 0 Å².